The van der Waals surface area contributed by atoms with E-state index >= 15 is 0 Å². The van der Waals surface area contributed by atoms with Crippen LogP contribution in [0.4, 0.5) is 13.9 Å². The molecule has 0 atom stereocenters. The molecule has 0 saturated carbocycles. The van der Waals surface area contributed by atoms with Crippen LogP contribution in [0.1, 0.15) is 24.0 Å². The second kappa shape index (κ2) is 8.07. The number of aryl methyl sites for hydroxylation is 2. The lowest BCUT2D eigenvalue weighted by Crippen LogP contribution is -2.39. The zero-order valence-corrected chi connectivity index (χ0v) is 18.4. The van der Waals surface area contributed by atoms with Crippen molar-refractivity contribution in [2.45, 2.75) is 36.8 Å². The van der Waals surface area contributed by atoms with Crippen LogP contribution in [0.25, 0.3) is 11.3 Å². The van der Waals surface area contributed by atoms with Gasteiger partial charge in [-0.25, -0.2) is 22.2 Å². The minimum atomic E-state index is -4.07. The minimum absolute atomic E-state index is 0.300. The average molecular weight is 449 g/mol. The fourth-order valence-corrected chi connectivity index (χ4v) is 6.55. The zero-order valence-electron chi connectivity index (χ0n) is 16.7. The number of benzene rings is 2. The number of piperidine rings is 1. The van der Waals surface area contributed by atoms with E-state index in [1.54, 1.807) is 0 Å². The van der Waals surface area contributed by atoms with E-state index in [0.29, 0.717) is 25.9 Å². The van der Waals surface area contributed by atoms with Crippen molar-refractivity contribution in [3.63, 3.8) is 0 Å². The number of hydrogen-bond donors (Lipinski definition) is 0. The van der Waals surface area contributed by atoms with Crippen molar-refractivity contribution in [3.8, 4) is 11.3 Å². The molecule has 0 N–H and O–H groups in total. The first-order valence-electron chi connectivity index (χ1n) is 9.73. The summed E-state index contributed by atoms with van der Waals surface area (Å²) in [6.07, 6.45) is 0.600. The van der Waals surface area contributed by atoms with Crippen molar-refractivity contribution in [1.82, 2.24) is 4.98 Å². The van der Waals surface area contributed by atoms with E-state index in [-0.39, 0.29) is 0 Å². The third-order valence-electron chi connectivity index (χ3n) is 5.52. The number of aromatic nitrogens is 1. The van der Waals surface area contributed by atoms with Crippen LogP contribution in [-0.2, 0) is 9.84 Å². The summed E-state index contributed by atoms with van der Waals surface area (Å²) in [5.74, 6) is -2.06. The molecule has 2 heterocycles. The third-order valence-corrected chi connectivity index (χ3v) is 8.73. The van der Waals surface area contributed by atoms with Crippen molar-refractivity contribution >= 4 is 26.3 Å². The second-order valence-corrected chi connectivity index (χ2v) is 10.6. The van der Waals surface area contributed by atoms with Crippen LogP contribution >= 0.6 is 11.3 Å². The van der Waals surface area contributed by atoms with Crippen molar-refractivity contribution in [1.29, 1.82) is 0 Å². The summed E-state index contributed by atoms with van der Waals surface area (Å²) in [7, 11) is -4.07. The maximum absolute atomic E-state index is 14.0. The fourth-order valence-electron chi connectivity index (χ4n) is 3.82. The van der Waals surface area contributed by atoms with Gasteiger partial charge in [-0.05, 0) is 50.5 Å². The number of thiazole rings is 1. The molecule has 4 nitrogen and oxygen atoms in total. The predicted octanol–water partition coefficient (Wildman–Crippen LogP) is 5.15. The summed E-state index contributed by atoms with van der Waals surface area (Å²) in [4.78, 5) is 5.99. The van der Waals surface area contributed by atoms with Gasteiger partial charge in [0.15, 0.2) is 15.0 Å². The first kappa shape index (κ1) is 20.9. The second-order valence-electron chi connectivity index (χ2n) is 7.62. The molecule has 8 heteroatoms. The molecule has 0 bridgehead atoms. The molecule has 2 aromatic carbocycles. The highest BCUT2D eigenvalue weighted by atomic mass is 32.2. The van der Waals surface area contributed by atoms with Crippen LogP contribution < -0.4 is 4.90 Å². The SMILES string of the molecule is Cc1ccc(C)c(-c2csc(N3CCC(S(=O)(=O)c4c(F)cccc4F)CC3)n2)c1. The first-order chi connectivity index (χ1) is 14.3. The van der Waals surface area contributed by atoms with Crippen molar-refractivity contribution in [2.24, 2.45) is 0 Å². The van der Waals surface area contributed by atoms with Crippen LogP contribution in [-0.4, -0.2) is 31.7 Å². The molecule has 0 spiro atoms. The Kier molecular flexibility index (Phi) is 5.63. The summed E-state index contributed by atoms with van der Waals surface area (Å²) < 4.78 is 53.7. The zero-order chi connectivity index (χ0) is 21.5. The Balaban J connectivity index is 1.50. The molecule has 30 heavy (non-hydrogen) atoms. The number of hydrogen-bond acceptors (Lipinski definition) is 5. The predicted molar refractivity (Wildman–Crippen MR) is 116 cm³/mol. The molecule has 1 aliphatic heterocycles. The van der Waals surface area contributed by atoms with Gasteiger partial charge in [0.1, 0.15) is 16.5 Å². The van der Waals surface area contributed by atoms with E-state index in [0.717, 1.165) is 39.6 Å². The Bertz CT molecular complexity index is 1160. The topological polar surface area (TPSA) is 50.3 Å². The Morgan fingerprint density at radius 3 is 2.40 bits per heavy atom. The van der Waals surface area contributed by atoms with Gasteiger partial charge in [0, 0.05) is 24.0 Å². The van der Waals surface area contributed by atoms with Crippen molar-refractivity contribution < 1.29 is 17.2 Å². The van der Waals surface area contributed by atoms with E-state index in [4.69, 9.17) is 4.98 Å². The van der Waals surface area contributed by atoms with Gasteiger partial charge in [0.05, 0.1) is 10.9 Å². The molecule has 0 aliphatic carbocycles. The monoisotopic (exact) mass is 448 g/mol. The van der Waals surface area contributed by atoms with Crippen LogP contribution in [0.2, 0.25) is 0 Å². The fraction of sp³-hybridized carbons (Fsp3) is 0.318. The normalized spacial score (nSPS) is 15.5. The van der Waals surface area contributed by atoms with Crippen LogP contribution in [0.15, 0.2) is 46.7 Å². The largest absolute Gasteiger partial charge is 0.348 e. The molecule has 0 unspecified atom stereocenters. The maximum atomic E-state index is 14.0. The van der Waals surface area contributed by atoms with Gasteiger partial charge < -0.3 is 4.90 Å². The highest BCUT2D eigenvalue weighted by molar-refractivity contribution is 7.92. The van der Waals surface area contributed by atoms with Crippen molar-refractivity contribution in [2.75, 3.05) is 18.0 Å². The average Bonchev–Trinajstić information content (AvgIpc) is 3.19. The van der Waals surface area contributed by atoms with Gasteiger partial charge in [0.2, 0.25) is 0 Å². The summed E-state index contributed by atoms with van der Waals surface area (Å²) in [5.41, 5.74) is 4.30. The lowest BCUT2D eigenvalue weighted by atomic mass is 10.0. The van der Waals surface area contributed by atoms with Gasteiger partial charge in [-0.2, -0.15) is 0 Å². The molecule has 0 amide bonds. The summed E-state index contributed by atoms with van der Waals surface area (Å²) in [6, 6.07) is 9.38. The number of nitrogens with zero attached hydrogens (tertiary/aromatic N) is 2. The molecular formula is C22H22F2N2O2S2. The highest BCUT2D eigenvalue weighted by Crippen LogP contribution is 2.34. The standard InChI is InChI=1S/C22H22F2N2O2S2/c1-14-6-7-15(2)17(12-14)20-13-29-22(25-20)26-10-8-16(9-11-26)30(27,28)21-18(23)4-3-5-19(21)24/h3-7,12-13,16H,8-11H2,1-2H3. The molecule has 1 saturated heterocycles. The Morgan fingerprint density at radius 2 is 1.73 bits per heavy atom. The van der Waals surface area contributed by atoms with Gasteiger partial charge in [0.25, 0.3) is 0 Å². The molecule has 1 fully saturated rings. The van der Waals surface area contributed by atoms with E-state index in [2.05, 4.69) is 18.2 Å². The summed E-state index contributed by atoms with van der Waals surface area (Å²) in [5, 5.41) is 2.03. The number of halogens is 2. The van der Waals surface area contributed by atoms with Gasteiger partial charge in [-0.15, -0.1) is 11.3 Å². The lowest BCUT2D eigenvalue weighted by Gasteiger charge is -2.31. The van der Waals surface area contributed by atoms with Crippen LogP contribution in [0, 0.1) is 25.5 Å². The summed E-state index contributed by atoms with van der Waals surface area (Å²) >= 11 is 1.52. The summed E-state index contributed by atoms with van der Waals surface area (Å²) in [6.45, 7) is 5.03. The quantitative estimate of drug-likeness (QED) is 0.554. The molecule has 1 aromatic heterocycles. The molecule has 158 valence electrons. The lowest BCUT2D eigenvalue weighted by molar-refractivity contribution is 0.497. The van der Waals surface area contributed by atoms with E-state index in [9.17, 15) is 17.2 Å². The Hall–Kier alpha value is -2.32. The van der Waals surface area contributed by atoms with Gasteiger partial charge in [-0.1, -0.05) is 23.8 Å². The molecule has 1 aliphatic rings. The number of rotatable bonds is 4. The molecule has 3 aromatic rings. The van der Waals surface area contributed by atoms with Gasteiger partial charge >= 0.3 is 0 Å². The van der Waals surface area contributed by atoms with Crippen LogP contribution in [0.3, 0.4) is 0 Å². The highest BCUT2D eigenvalue weighted by Gasteiger charge is 2.35. The number of anilines is 1. The molecule has 0 radical (unpaired) electrons. The molecule has 4 rings (SSSR count). The molecular weight excluding hydrogens is 426 g/mol. The van der Waals surface area contributed by atoms with E-state index in [1.807, 2.05) is 24.1 Å². The first-order valence-corrected chi connectivity index (χ1v) is 12.2. The third kappa shape index (κ3) is 3.86. The van der Waals surface area contributed by atoms with Gasteiger partial charge in [-0.3, -0.25) is 0 Å². The van der Waals surface area contributed by atoms with E-state index < -0.39 is 31.6 Å². The van der Waals surface area contributed by atoms with E-state index in [1.165, 1.54) is 17.4 Å². The Labute approximate surface area is 179 Å². The number of sulfone groups is 1. The van der Waals surface area contributed by atoms with Crippen LogP contribution in [0.5, 0.6) is 0 Å². The Morgan fingerprint density at radius 1 is 1.07 bits per heavy atom. The smallest absolute Gasteiger partial charge is 0.187 e. The minimum Gasteiger partial charge on any atom is -0.348 e. The van der Waals surface area contributed by atoms with Crippen molar-refractivity contribution in [3.05, 3.63) is 64.5 Å². The maximum Gasteiger partial charge on any atom is 0.187 e.